The van der Waals surface area contributed by atoms with Crippen molar-refractivity contribution >= 4 is 35.8 Å². The Bertz CT molecular complexity index is 540. The number of aliphatic imine (C=N–C) groups is 1. The van der Waals surface area contributed by atoms with E-state index in [-0.39, 0.29) is 42.4 Å². The molecule has 1 aromatic carbocycles. The predicted molar refractivity (Wildman–Crippen MR) is 109 cm³/mol. The van der Waals surface area contributed by atoms with Crippen molar-refractivity contribution in [1.82, 2.24) is 10.6 Å². The molecule has 0 fully saturated rings. The van der Waals surface area contributed by atoms with Crippen molar-refractivity contribution in [1.29, 1.82) is 0 Å². The lowest BCUT2D eigenvalue weighted by Crippen LogP contribution is -2.44. The minimum absolute atomic E-state index is 0. The molecule has 0 aliphatic heterocycles. The third-order valence-electron chi connectivity index (χ3n) is 3.41. The number of primary amides is 1. The summed E-state index contributed by atoms with van der Waals surface area (Å²) < 4.78 is 18.1. The van der Waals surface area contributed by atoms with Gasteiger partial charge in [-0.1, -0.05) is 12.1 Å². The number of carbonyl (C=O) groups is 1. The van der Waals surface area contributed by atoms with Crippen molar-refractivity contribution < 1.29 is 13.9 Å². The van der Waals surface area contributed by atoms with E-state index in [4.69, 9.17) is 10.5 Å². The van der Waals surface area contributed by atoms with Gasteiger partial charge < -0.3 is 21.1 Å². The van der Waals surface area contributed by atoms with Crippen LogP contribution in [-0.4, -0.2) is 44.7 Å². The number of nitrogens with two attached hydrogens (primary N) is 1. The van der Waals surface area contributed by atoms with Crippen molar-refractivity contribution in [2.45, 2.75) is 26.3 Å². The molecule has 6 nitrogen and oxygen atoms in total. The fraction of sp³-hybridized carbons (Fsp3) is 0.529. The van der Waals surface area contributed by atoms with Crippen LogP contribution >= 0.6 is 24.0 Å². The molecular weight excluding hydrogens is 438 g/mol. The zero-order valence-corrected chi connectivity index (χ0v) is 17.3. The van der Waals surface area contributed by atoms with E-state index in [0.717, 1.165) is 5.56 Å². The van der Waals surface area contributed by atoms with Gasteiger partial charge in [0.15, 0.2) is 5.96 Å². The van der Waals surface area contributed by atoms with Gasteiger partial charge in [-0.2, -0.15) is 0 Å². The van der Waals surface area contributed by atoms with Gasteiger partial charge in [0.2, 0.25) is 5.91 Å². The first-order valence-electron chi connectivity index (χ1n) is 8.03. The number of guanidine groups is 1. The summed E-state index contributed by atoms with van der Waals surface area (Å²) in [5.41, 5.74) is 6.33. The van der Waals surface area contributed by atoms with E-state index in [2.05, 4.69) is 15.6 Å². The lowest BCUT2D eigenvalue weighted by atomic mass is 9.99. The van der Waals surface area contributed by atoms with Gasteiger partial charge in [0.25, 0.3) is 0 Å². The molecule has 1 amide bonds. The summed E-state index contributed by atoms with van der Waals surface area (Å²) in [7, 11) is 1.63. The Hall–Kier alpha value is -1.42. The molecule has 25 heavy (non-hydrogen) atoms. The van der Waals surface area contributed by atoms with E-state index < -0.39 is 11.8 Å². The highest BCUT2D eigenvalue weighted by molar-refractivity contribution is 14.0. The number of benzene rings is 1. The first-order chi connectivity index (χ1) is 11.5. The van der Waals surface area contributed by atoms with E-state index >= 15 is 0 Å². The Morgan fingerprint density at radius 2 is 2.00 bits per heavy atom. The highest BCUT2D eigenvalue weighted by atomic mass is 127. The zero-order valence-electron chi connectivity index (χ0n) is 14.9. The van der Waals surface area contributed by atoms with E-state index in [9.17, 15) is 9.18 Å². The molecule has 142 valence electrons. The number of methoxy groups -OCH3 is 1. The lowest BCUT2D eigenvalue weighted by Gasteiger charge is -2.18. The van der Waals surface area contributed by atoms with Crippen LogP contribution < -0.4 is 16.4 Å². The third kappa shape index (κ3) is 9.59. The standard InChI is InChI=1S/C17H27FN4O2.HI/c1-4-20-17(22-12(2)11-24-3)21-10-14(16(19)23)9-13-5-7-15(18)8-6-13;/h5-8,12,14H,4,9-11H2,1-3H3,(H2,19,23)(H2,20,21,22);1H. The number of hydrogen-bond acceptors (Lipinski definition) is 3. The summed E-state index contributed by atoms with van der Waals surface area (Å²) in [5, 5.41) is 6.32. The van der Waals surface area contributed by atoms with Crippen molar-refractivity contribution in [3.63, 3.8) is 0 Å². The number of nitrogens with one attached hydrogen (secondary N) is 2. The second kappa shape index (κ2) is 12.9. The van der Waals surface area contributed by atoms with E-state index in [1.165, 1.54) is 12.1 Å². The third-order valence-corrected chi connectivity index (χ3v) is 3.41. The minimum atomic E-state index is -0.455. The average molecular weight is 466 g/mol. The number of halogens is 2. The molecule has 0 radical (unpaired) electrons. The molecule has 0 spiro atoms. The molecule has 0 heterocycles. The molecule has 2 atom stereocenters. The van der Waals surface area contributed by atoms with Crippen LogP contribution in [0.25, 0.3) is 0 Å². The van der Waals surface area contributed by atoms with Gasteiger partial charge >= 0.3 is 0 Å². The summed E-state index contributed by atoms with van der Waals surface area (Å²) >= 11 is 0. The number of rotatable bonds is 9. The fourth-order valence-electron chi connectivity index (χ4n) is 2.21. The number of carbonyl (C=O) groups excluding carboxylic acids is 1. The molecule has 1 aromatic rings. The highest BCUT2D eigenvalue weighted by Gasteiger charge is 2.16. The first kappa shape index (κ1) is 23.6. The molecule has 0 saturated carbocycles. The molecular formula is C17H28FIN4O2. The quantitative estimate of drug-likeness (QED) is 0.294. The van der Waals surface area contributed by atoms with Crippen LogP contribution in [0.2, 0.25) is 0 Å². The molecule has 1 rings (SSSR count). The summed E-state index contributed by atoms with van der Waals surface area (Å²) in [6.45, 7) is 5.43. The Morgan fingerprint density at radius 1 is 1.36 bits per heavy atom. The summed E-state index contributed by atoms with van der Waals surface area (Å²) in [6, 6.07) is 6.12. The van der Waals surface area contributed by atoms with E-state index in [1.54, 1.807) is 19.2 Å². The highest BCUT2D eigenvalue weighted by Crippen LogP contribution is 2.10. The van der Waals surface area contributed by atoms with Crippen LogP contribution in [0, 0.1) is 11.7 Å². The van der Waals surface area contributed by atoms with Gasteiger partial charge in [0.1, 0.15) is 5.82 Å². The van der Waals surface area contributed by atoms with Crippen molar-refractivity contribution in [3.8, 4) is 0 Å². The Kier molecular flexibility index (Phi) is 12.1. The maximum absolute atomic E-state index is 13.0. The maximum Gasteiger partial charge on any atom is 0.222 e. The Morgan fingerprint density at radius 3 is 2.52 bits per heavy atom. The smallest absolute Gasteiger partial charge is 0.222 e. The van der Waals surface area contributed by atoms with Crippen LogP contribution in [0.5, 0.6) is 0 Å². The van der Waals surface area contributed by atoms with Gasteiger partial charge in [-0.05, 0) is 38.0 Å². The largest absolute Gasteiger partial charge is 0.383 e. The van der Waals surface area contributed by atoms with Gasteiger partial charge in [-0.25, -0.2) is 4.39 Å². The zero-order chi connectivity index (χ0) is 17.9. The normalized spacial score (nSPS) is 13.5. The number of hydrogen-bond donors (Lipinski definition) is 3. The lowest BCUT2D eigenvalue weighted by molar-refractivity contribution is -0.121. The van der Waals surface area contributed by atoms with Gasteiger partial charge in [-0.15, -0.1) is 24.0 Å². The molecule has 4 N–H and O–H groups in total. The van der Waals surface area contributed by atoms with Crippen LogP contribution in [0.4, 0.5) is 4.39 Å². The minimum Gasteiger partial charge on any atom is -0.383 e. The maximum atomic E-state index is 13.0. The van der Waals surface area contributed by atoms with Crippen LogP contribution in [0.1, 0.15) is 19.4 Å². The summed E-state index contributed by atoms with van der Waals surface area (Å²) in [4.78, 5) is 16.1. The Balaban J connectivity index is 0.00000576. The molecule has 0 aliphatic rings. The van der Waals surface area contributed by atoms with Crippen LogP contribution in [-0.2, 0) is 16.0 Å². The SMILES string of the molecule is CCNC(=NCC(Cc1ccc(F)cc1)C(N)=O)NC(C)COC.I. The van der Waals surface area contributed by atoms with Gasteiger partial charge in [0.05, 0.1) is 19.1 Å². The van der Waals surface area contributed by atoms with Crippen LogP contribution in [0.3, 0.4) is 0 Å². The topological polar surface area (TPSA) is 88.7 Å². The molecule has 2 unspecified atom stereocenters. The predicted octanol–water partition coefficient (Wildman–Crippen LogP) is 1.68. The molecule has 0 aliphatic carbocycles. The van der Waals surface area contributed by atoms with Crippen molar-refractivity contribution in [2.24, 2.45) is 16.6 Å². The molecule has 0 bridgehead atoms. The van der Waals surface area contributed by atoms with Gasteiger partial charge in [-0.3, -0.25) is 9.79 Å². The molecule has 0 aromatic heterocycles. The average Bonchev–Trinajstić information content (AvgIpc) is 2.53. The molecule has 0 saturated heterocycles. The van der Waals surface area contributed by atoms with Crippen LogP contribution in [0.15, 0.2) is 29.3 Å². The number of ether oxygens (including phenoxy) is 1. The fourth-order valence-corrected chi connectivity index (χ4v) is 2.21. The van der Waals surface area contributed by atoms with Gasteiger partial charge in [0, 0.05) is 19.7 Å². The first-order valence-corrected chi connectivity index (χ1v) is 8.03. The van der Waals surface area contributed by atoms with E-state index in [1.807, 2.05) is 13.8 Å². The Labute approximate surface area is 165 Å². The number of amides is 1. The monoisotopic (exact) mass is 466 g/mol. The van der Waals surface area contributed by atoms with E-state index in [0.29, 0.717) is 25.5 Å². The molecule has 8 heteroatoms. The summed E-state index contributed by atoms with van der Waals surface area (Å²) in [5.74, 6) is -0.585. The second-order valence-electron chi connectivity index (χ2n) is 5.65. The van der Waals surface area contributed by atoms with Crippen molar-refractivity contribution in [2.75, 3.05) is 26.8 Å². The van der Waals surface area contributed by atoms with Crippen molar-refractivity contribution in [3.05, 3.63) is 35.6 Å². The second-order valence-corrected chi connectivity index (χ2v) is 5.65. The summed E-state index contributed by atoms with van der Waals surface area (Å²) in [6.07, 6.45) is 0.423. The number of nitrogens with zero attached hydrogens (tertiary/aromatic N) is 1.